The fourth-order valence-electron chi connectivity index (χ4n) is 1.95. The van der Waals surface area contributed by atoms with Crippen LogP contribution >= 0.6 is 11.8 Å². The second-order valence-corrected chi connectivity index (χ2v) is 6.93. The van der Waals surface area contributed by atoms with Gasteiger partial charge in [-0.25, -0.2) is 4.98 Å². The molecule has 0 radical (unpaired) electrons. The van der Waals surface area contributed by atoms with E-state index in [9.17, 15) is 9.90 Å². The highest BCUT2D eigenvalue weighted by atomic mass is 32.2. The van der Waals surface area contributed by atoms with E-state index in [0.29, 0.717) is 16.7 Å². The lowest BCUT2D eigenvalue weighted by atomic mass is 9.86. The third-order valence-corrected chi connectivity index (χ3v) is 3.87. The van der Waals surface area contributed by atoms with Gasteiger partial charge >= 0.3 is 0 Å². The van der Waals surface area contributed by atoms with Gasteiger partial charge in [-0.05, 0) is 18.4 Å². The largest absolute Gasteiger partial charge is 0.505 e. The van der Waals surface area contributed by atoms with Crippen LogP contribution < -0.4 is 5.32 Å². The number of hydrogen-bond acceptors (Lipinski definition) is 5. The Labute approximate surface area is 133 Å². The summed E-state index contributed by atoms with van der Waals surface area (Å²) in [6, 6.07) is 5.36. The number of carbonyl (C=O) groups excluding carboxylic acids is 1. The Hall–Kier alpha value is -2.02. The molecule has 22 heavy (non-hydrogen) atoms. The summed E-state index contributed by atoms with van der Waals surface area (Å²) in [6.07, 6.45) is 0. The molecule has 0 spiro atoms. The highest BCUT2D eigenvalue weighted by Crippen LogP contribution is 2.35. The first-order chi connectivity index (χ1) is 10.3. The molecule has 2 rings (SSSR count). The molecule has 0 aliphatic rings. The Balaban J connectivity index is 2.02. The van der Waals surface area contributed by atoms with Crippen molar-refractivity contribution in [3.05, 3.63) is 29.6 Å². The molecule has 1 aromatic heterocycles. The van der Waals surface area contributed by atoms with Gasteiger partial charge in [0.15, 0.2) is 0 Å². The summed E-state index contributed by atoms with van der Waals surface area (Å²) in [7, 11) is 0. The minimum Gasteiger partial charge on any atom is -0.505 e. The smallest absolute Gasteiger partial charge is 0.234 e. The van der Waals surface area contributed by atoms with Crippen LogP contribution in [0.5, 0.6) is 5.75 Å². The van der Waals surface area contributed by atoms with Gasteiger partial charge in [-0.2, -0.15) is 0 Å². The summed E-state index contributed by atoms with van der Waals surface area (Å²) < 4.78 is 0. The van der Waals surface area contributed by atoms with Gasteiger partial charge in [0.05, 0.1) is 11.4 Å². The molecule has 0 unspecified atom stereocenters. The molecular weight excluding hydrogens is 300 g/mol. The molecular formula is C15H20N4O2S. The van der Waals surface area contributed by atoms with Crippen molar-refractivity contribution in [2.24, 2.45) is 0 Å². The first kappa shape index (κ1) is 16.4. The van der Waals surface area contributed by atoms with Gasteiger partial charge in [0.2, 0.25) is 11.1 Å². The van der Waals surface area contributed by atoms with Crippen molar-refractivity contribution in [2.75, 3.05) is 11.1 Å². The van der Waals surface area contributed by atoms with E-state index in [0.717, 1.165) is 5.56 Å². The van der Waals surface area contributed by atoms with E-state index in [1.807, 2.05) is 32.9 Å². The average Bonchev–Trinajstić information content (AvgIpc) is 2.83. The lowest BCUT2D eigenvalue weighted by Gasteiger charge is -2.21. The number of aromatic nitrogens is 3. The molecule has 0 atom stereocenters. The Kier molecular flexibility index (Phi) is 4.75. The highest BCUT2D eigenvalue weighted by Gasteiger charge is 2.20. The molecule has 1 aromatic carbocycles. The topological polar surface area (TPSA) is 90.9 Å². The molecule has 1 amide bonds. The number of phenolic OH excluding ortho intramolecular Hbond substituents is 1. The van der Waals surface area contributed by atoms with Crippen molar-refractivity contribution in [1.29, 1.82) is 0 Å². The number of aryl methyl sites for hydroxylation is 1. The lowest BCUT2D eigenvalue weighted by molar-refractivity contribution is -0.113. The predicted octanol–water partition coefficient (Wildman–Crippen LogP) is 2.85. The Morgan fingerprint density at radius 2 is 2.14 bits per heavy atom. The van der Waals surface area contributed by atoms with E-state index in [1.165, 1.54) is 11.8 Å². The Morgan fingerprint density at radius 1 is 1.41 bits per heavy atom. The Morgan fingerprint density at radius 3 is 2.73 bits per heavy atom. The quantitative estimate of drug-likeness (QED) is 0.595. The molecule has 3 N–H and O–H groups in total. The van der Waals surface area contributed by atoms with Crippen molar-refractivity contribution in [3.63, 3.8) is 0 Å². The number of amides is 1. The van der Waals surface area contributed by atoms with Crippen LogP contribution in [-0.2, 0) is 10.2 Å². The van der Waals surface area contributed by atoms with E-state index in [1.54, 1.807) is 13.0 Å². The number of nitrogens with zero attached hydrogens (tertiary/aromatic N) is 2. The number of thioether (sulfide) groups is 1. The van der Waals surface area contributed by atoms with Crippen molar-refractivity contribution >= 4 is 23.4 Å². The molecule has 1 heterocycles. The zero-order chi connectivity index (χ0) is 16.3. The summed E-state index contributed by atoms with van der Waals surface area (Å²) in [5.74, 6) is 0.783. The number of benzene rings is 1. The number of aromatic hydroxyl groups is 1. The lowest BCUT2D eigenvalue weighted by Crippen LogP contribution is -2.16. The summed E-state index contributed by atoms with van der Waals surface area (Å²) >= 11 is 1.24. The molecule has 0 fully saturated rings. The van der Waals surface area contributed by atoms with Crippen LogP contribution in [0.2, 0.25) is 0 Å². The van der Waals surface area contributed by atoms with Gasteiger partial charge in [0, 0.05) is 5.56 Å². The second kappa shape index (κ2) is 6.39. The van der Waals surface area contributed by atoms with Crippen molar-refractivity contribution in [2.45, 2.75) is 38.3 Å². The molecule has 6 nitrogen and oxygen atoms in total. The molecule has 0 aliphatic carbocycles. The fraction of sp³-hybridized carbons (Fsp3) is 0.400. The van der Waals surface area contributed by atoms with Crippen molar-refractivity contribution in [1.82, 2.24) is 15.2 Å². The first-order valence-electron chi connectivity index (χ1n) is 6.91. The fourth-order valence-corrected chi connectivity index (χ4v) is 2.60. The molecule has 0 aliphatic heterocycles. The van der Waals surface area contributed by atoms with Crippen LogP contribution in [0.4, 0.5) is 5.69 Å². The van der Waals surface area contributed by atoms with E-state index in [-0.39, 0.29) is 22.8 Å². The third kappa shape index (κ3) is 4.00. The standard InChI is InChI=1S/C15H20N4O2S/c1-9-16-14(19-18-9)22-8-12(20)17-11-7-5-6-10(13(11)21)15(2,3)4/h5-7,21H,8H2,1-4H3,(H,17,20)(H,16,18,19). The number of carbonyl (C=O) groups is 1. The maximum Gasteiger partial charge on any atom is 0.234 e. The molecule has 2 aromatic rings. The molecule has 7 heteroatoms. The molecule has 0 saturated heterocycles. The van der Waals surface area contributed by atoms with Gasteiger partial charge in [0.1, 0.15) is 11.6 Å². The van der Waals surface area contributed by atoms with Crippen LogP contribution in [0.25, 0.3) is 0 Å². The van der Waals surface area contributed by atoms with E-state index in [2.05, 4.69) is 20.5 Å². The van der Waals surface area contributed by atoms with Crippen molar-refractivity contribution < 1.29 is 9.90 Å². The Bertz CT molecular complexity index is 676. The van der Waals surface area contributed by atoms with E-state index < -0.39 is 0 Å². The normalized spacial score (nSPS) is 11.5. The average molecular weight is 320 g/mol. The number of anilines is 1. The maximum absolute atomic E-state index is 12.0. The third-order valence-electron chi connectivity index (χ3n) is 3.03. The SMILES string of the molecule is Cc1nc(SCC(=O)Nc2cccc(C(C)(C)C)c2O)n[nH]1. The summed E-state index contributed by atoms with van der Waals surface area (Å²) in [5, 5.41) is 20.2. The summed E-state index contributed by atoms with van der Waals surface area (Å²) in [5.41, 5.74) is 1.02. The minimum absolute atomic E-state index is 0.113. The molecule has 118 valence electrons. The van der Waals surface area contributed by atoms with Gasteiger partial charge in [-0.3, -0.25) is 9.89 Å². The second-order valence-electron chi connectivity index (χ2n) is 5.99. The maximum atomic E-state index is 12.0. The highest BCUT2D eigenvalue weighted by molar-refractivity contribution is 7.99. The van der Waals surface area contributed by atoms with Gasteiger partial charge in [-0.15, -0.1) is 5.10 Å². The van der Waals surface area contributed by atoms with Crippen LogP contribution in [0.3, 0.4) is 0 Å². The van der Waals surface area contributed by atoms with Crippen LogP contribution in [0.15, 0.2) is 23.4 Å². The number of phenols is 1. The summed E-state index contributed by atoms with van der Waals surface area (Å²) in [4.78, 5) is 16.1. The summed E-state index contributed by atoms with van der Waals surface area (Å²) in [6.45, 7) is 7.83. The van der Waals surface area contributed by atoms with Gasteiger partial charge in [0.25, 0.3) is 0 Å². The minimum atomic E-state index is -0.214. The molecule has 0 saturated carbocycles. The number of rotatable bonds is 4. The van der Waals surface area contributed by atoms with Gasteiger partial charge in [-0.1, -0.05) is 44.7 Å². The zero-order valence-corrected chi connectivity index (χ0v) is 13.9. The van der Waals surface area contributed by atoms with Crippen LogP contribution in [0.1, 0.15) is 32.2 Å². The van der Waals surface area contributed by atoms with E-state index in [4.69, 9.17) is 0 Å². The number of nitrogens with one attached hydrogen (secondary N) is 2. The first-order valence-corrected chi connectivity index (χ1v) is 7.90. The number of aromatic amines is 1. The molecule has 0 bridgehead atoms. The monoisotopic (exact) mass is 320 g/mol. The number of H-pyrrole nitrogens is 1. The van der Waals surface area contributed by atoms with Crippen molar-refractivity contribution in [3.8, 4) is 5.75 Å². The number of hydrogen-bond donors (Lipinski definition) is 3. The zero-order valence-electron chi connectivity index (χ0n) is 13.1. The van der Waals surface area contributed by atoms with Crippen LogP contribution in [0, 0.1) is 6.92 Å². The van der Waals surface area contributed by atoms with E-state index >= 15 is 0 Å². The van der Waals surface area contributed by atoms with Crippen LogP contribution in [-0.4, -0.2) is 31.9 Å². The number of para-hydroxylation sites is 1. The van der Waals surface area contributed by atoms with Gasteiger partial charge < -0.3 is 10.4 Å². The predicted molar refractivity (Wildman–Crippen MR) is 87.3 cm³/mol.